The number of nitrogens with one attached hydrogen (secondary N) is 1. The lowest BCUT2D eigenvalue weighted by molar-refractivity contribution is 0.0431. The molecule has 0 unspecified atom stereocenters. The van der Waals surface area contributed by atoms with Crippen molar-refractivity contribution in [1.82, 2.24) is 5.32 Å². The summed E-state index contributed by atoms with van der Waals surface area (Å²) >= 11 is 0. The maximum absolute atomic E-state index is 11.8. The van der Waals surface area contributed by atoms with Crippen LogP contribution >= 0.6 is 0 Å². The van der Waals surface area contributed by atoms with Gasteiger partial charge in [0.1, 0.15) is 5.60 Å². The molecular formula is C21H33NO4. The normalized spacial score (nSPS) is 15.0. The van der Waals surface area contributed by atoms with Crippen LogP contribution in [0.3, 0.4) is 0 Å². The molecule has 1 amide bonds. The van der Waals surface area contributed by atoms with Gasteiger partial charge in [0.15, 0.2) is 0 Å². The Kier molecular flexibility index (Phi) is 8.82. The van der Waals surface area contributed by atoms with Crippen LogP contribution in [-0.4, -0.2) is 35.6 Å². The first-order valence-corrected chi connectivity index (χ1v) is 9.05. The third-order valence-corrected chi connectivity index (χ3v) is 3.97. The van der Waals surface area contributed by atoms with Gasteiger partial charge >= 0.3 is 6.09 Å². The molecule has 0 aliphatic carbocycles. The summed E-state index contributed by atoms with van der Waals surface area (Å²) < 4.78 is 10.9. The van der Waals surface area contributed by atoms with Crippen LogP contribution in [0.2, 0.25) is 0 Å². The number of ether oxygens (including phenoxy) is 2. The Morgan fingerprint density at radius 1 is 1.23 bits per heavy atom. The predicted molar refractivity (Wildman–Crippen MR) is 104 cm³/mol. The number of hydrogen-bond donors (Lipinski definition) is 2. The van der Waals surface area contributed by atoms with Crippen molar-refractivity contribution in [1.29, 1.82) is 0 Å². The number of amides is 1. The van der Waals surface area contributed by atoms with E-state index >= 15 is 0 Å². The van der Waals surface area contributed by atoms with E-state index in [0.29, 0.717) is 19.6 Å². The van der Waals surface area contributed by atoms with E-state index in [2.05, 4.69) is 11.9 Å². The Balaban J connectivity index is 2.34. The number of carbonyl (C=O) groups is 1. The molecule has 5 nitrogen and oxygen atoms in total. The van der Waals surface area contributed by atoms with Crippen molar-refractivity contribution < 1.29 is 19.4 Å². The largest absolute Gasteiger partial charge is 0.444 e. The van der Waals surface area contributed by atoms with Gasteiger partial charge in [0, 0.05) is 5.92 Å². The second kappa shape index (κ2) is 10.3. The maximum Gasteiger partial charge on any atom is 0.407 e. The average molecular weight is 363 g/mol. The molecule has 1 rings (SSSR count). The summed E-state index contributed by atoms with van der Waals surface area (Å²) in [6.07, 6.45) is -0.868. The van der Waals surface area contributed by atoms with Gasteiger partial charge in [-0.1, -0.05) is 49.4 Å². The second-order valence-electron chi connectivity index (χ2n) is 7.77. The van der Waals surface area contributed by atoms with Crippen molar-refractivity contribution in [3.05, 3.63) is 48.0 Å². The highest BCUT2D eigenvalue weighted by molar-refractivity contribution is 5.68. The zero-order chi connectivity index (χ0) is 19.7. The maximum atomic E-state index is 11.8. The number of aliphatic hydroxyl groups is 1. The van der Waals surface area contributed by atoms with Gasteiger partial charge in [-0.05, 0) is 39.7 Å². The van der Waals surface area contributed by atoms with Crippen LogP contribution in [-0.2, 0) is 16.1 Å². The molecule has 1 aromatic rings. The van der Waals surface area contributed by atoms with Crippen LogP contribution in [0.15, 0.2) is 42.5 Å². The summed E-state index contributed by atoms with van der Waals surface area (Å²) in [5.41, 5.74) is 1.45. The van der Waals surface area contributed by atoms with Crippen LogP contribution in [0.25, 0.3) is 0 Å². The molecule has 26 heavy (non-hydrogen) atoms. The van der Waals surface area contributed by atoms with Crippen molar-refractivity contribution in [3.63, 3.8) is 0 Å². The highest BCUT2D eigenvalue weighted by Crippen LogP contribution is 2.17. The molecule has 0 aliphatic rings. The number of aliphatic hydroxyl groups excluding tert-OH is 1. The van der Waals surface area contributed by atoms with Crippen molar-refractivity contribution in [2.45, 2.75) is 65.4 Å². The zero-order valence-corrected chi connectivity index (χ0v) is 16.6. The third-order valence-electron chi connectivity index (χ3n) is 3.97. The van der Waals surface area contributed by atoms with Crippen molar-refractivity contribution >= 4 is 6.09 Å². The lowest BCUT2D eigenvalue weighted by atomic mass is 9.95. The van der Waals surface area contributed by atoms with E-state index < -0.39 is 23.8 Å². The van der Waals surface area contributed by atoms with E-state index in [0.717, 1.165) is 11.1 Å². The Labute approximate surface area is 157 Å². The summed E-state index contributed by atoms with van der Waals surface area (Å²) in [6.45, 7) is 14.3. The SMILES string of the molecule is C=C(C[C@@H](O)[C@@H](C)NC(=O)OC(C)(C)C)[C@@H](C)COCc1ccccc1. The van der Waals surface area contributed by atoms with Crippen LogP contribution in [0.5, 0.6) is 0 Å². The molecule has 0 spiro atoms. The molecule has 2 N–H and O–H groups in total. The van der Waals surface area contributed by atoms with Gasteiger partial charge in [0.25, 0.3) is 0 Å². The molecule has 0 aliphatic heterocycles. The molecule has 0 fully saturated rings. The number of alkyl carbamates (subject to hydrolysis) is 1. The van der Waals surface area contributed by atoms with E-state index in [1.807, 2.05) is 37.3 Å². The highest BCUT2D eigenvalue weighted by Gasteiger charge is 2.22. The Morgan fingerprint density at radius 3 is 2.42 bits per heavy atom. The van der Waals surface area contributed by atoms with Crippen LogP contribution in [0, 0.1) is 5.92 Å². The minimum atomic E-state index is -0.730. The molecule has 0 heterocycles. The smallest absolute Gasteiger partial charge is 0.407 e. The zero-order valence-electron chi connectivity index (χ0n) is 16.6. The Bertz CT molecular complexity index is 565. The quantitative estimate of drug-likeness (QED) is 0.649. The molecule has 5 heteroatoms. The number of hydrogen-bond acceptors (Lipinski definition) is 4. The van der Waals surface area contributed by atoms with E-state index in [9.17, 15) is 9.90 Å². The van der Waals surface area contributed by atoms with Gasteiger partial charge < -0.3 is 19.9 Å². The first-order chi connectivity index (χ1) is 12.1. The van der Waals surface area contributed by atoms with Crippen LogP contribution in [0.4, 0.5) is 4.79 Å². The van der Waals surface area contributed by atoms with Gasteiger partial charge in [0.2, 0.25) is 0 Å². The second-order valence-corrected chi connectivity index (χ2v) is 7.77. The van der Waals surface area contributed by atoms with Crippen molar-refractivity contribution in [2.24, 2.45) is 5.92 Å². The average Bonchev–Trinajstić information content (AvgIpc) is 2.53. The number of benzene rings is 1. The highest BCUT2D eigenvalue weighted by atomic mass is 16.6. The summed E-state index contributed by atoms with van der Waals surface area (Å²) in [5.74, 6) is 0.113. The lowest BCUT2D eigenvalue weighted by Crippen LogP contribution is -2.43. The molecule has 146 valence electrons. The van der Waals surface area contributed by atoms with E-state index in [1.165, 1.54) is 0 Å². The Hall–Kier alpha value is -1.85. The monoisotopic (exact) mass is 363 g/mol. The van der Waals surface area contributed by atoms with Gasteiger partial charge in [0.05, 0.1) is 25.4 Å². The van der Waals surface area contributed by atoms with Gasteiger partial charge in [-0.15, -0.1) is 0 Å². The fourth-order valence-electron chi connectivity index (χ4n) is 2.28. The molecule has 0 bridgehead atoms. The fourth-order valence-corrected chi connectivity index (χ4v) is 2.28. The minimum Gasteiger partial charge on any atom is -0.444 e. The topological polar surface area (TPSA) is 67.8 Å². The van der Waals surface area contributed by atoms with Crippen molar-refractivity contribution in [3.8, 4) is 0 Å². The molecule has 0 saturated heterocycles. The summed E-state index contributed by atoms with van der Waals surface area (Å²) in [7, 11) is 0. The van der Waals surface area contributed by atoms with Gasteiger partial charge in [-0.2, -0.15) is 0 Å². The molecule has 0 aromatic heterocycles. The van der Waals surface area contributed by atoms with Gasteiger partial charge in [-0.25, -0.2) is 4.79 Å². The fraction of sp³-hybridized carbons (Fsp3) is 0.571. The molecule has 0 radical (unpaired) electrons. The number of rotatable bonds is 9. The summed E-state index contributed by atoms with van der Waals surface area (Å²) in [6, 6.07) is 9.55. The summed E-state index contributed by atoms with van der Waals surface area (Å²) in [4.78, 5) is 11.8. The molecule has 3 atom stereocenters. The van der Waals surface area contributed by atoms with E-state index in [-0.39, 0.29) is 5.92 Å². The van der Waals surface area contributed by atoms with Gasteiger partial charge in [-0.3, -0.25) is 0 Å². The number of carbonyl (C=O) groups excluding carboxylic acids is 1. The molecular weight excluding hydrogens is 330 g/mol. The predicted octanol–water partition coefficient (Wildman–Crippen LogP) is 4.06. The minimum absolute atomic E-state index is 0.113. The first kappa shape index (κ1) is 22.2. The van der Waals surface area contributed by atoms with Crippen LogP contribution < -0.4 is 5.32 Å². The van der Waals surface area contributed by atoms with Crippen LogP contribution in [0.1, 0.15) is 46.6 Å². The van der Waals surface area contributed by atoms with Crippen molar-refractivity contribution in [2.75, 3.05) is 6.61 Å². The van der Waals surface area contributed by atoms with E-state index in [1.54, 1.807) is 27.7 Å². The molecule has 0 saturated carbocycles. The van der Waals surface area contributed by atoms with E-state index in [4.69, 9.17) is 9.47 Å². The Morgan fingerprint density at radius 2 is 1.85 bits per heavy atom. The summed E-state index contributed by atoms with van der Waals surface area (Å²) in [5, 5.41) is 13.0. The first-order valence-electron chi connectivity index (χ1n) is 9.05. The molecule has 1 aromatic carbocycles. The lowest BCUT2D eigenvalue weighted by Gasteiger charge is -2.25. The third kappa shape index (κ3) is 9.02. The standard InChI is InChI=1S/C21H33NO4/c1-15(16(2)13-25-14-18-10-8-7-9-11-18)12-19(23)17(3)22-20(24)26-21(4,5)6/h7-11,16-17,19,23H,1,12-14H2,2-6H3,(H,22,24)/t16-,17+,19+/m0/s1.